The number of piperazine rings is 1. The Morgan fingerprint density at radius 3 is 2.72 bits per heavy atom. The van der Waals surface area contributed by atoms with Crippen LogP contribution in [0.1, 0.15) is 43.4 Å². The molecule has 2 fully saturated rings. The average Bonchev–Trinajstić information content (AvgIpc) is 3.05. The summed E-state index contributed by atoms with van der Waals surface area (Å²) in [7, 11) is 4.12. The Bertz CT molecular complexity index is 1700. The number of nitriles is 1. The van der Waals surface area contributed by atoms with E-state index in [4.69, 9.17) is 26.3 Å². The van der Waals surface area contributed by atoms with Gasteiger partial charge in [-0.15, -0.1) is 0 Å². The smallest absolute Gasteiger partial charge is 0.319 e. The Morgan fingerprint density at radius 1 is 1.15 bits per heavy atom. The number of amides is 1. The third kappa shape index (κ3) is 6.20. The molecule has 1 aliphatic carbocycles. The molecule has 2 aliphatic heterocycles. The lowest BCUT2D eigenvalue weighted by molar-refractivity contribution is -0.131. The van der Waals surface area contributed by atoms with Crippen LogP contribution in [0, 0.1) is 17.1 Å². The predicted molar refractivity (Wildman–Crippen MR) is 174 cm³/mol. The molecule has 9 nitrogen and oxygen atoms in total. The number of likely N-dealkylation sites (N-methyl/N-ethyl adjacent to an activating group) is 1. The number of carbonyl (C=O) groups excluding carboxylic acids is 1. The molecule has 46 heavy (non-hydrogen) atoms. The van der Waals surface area contributed by atoms with Gasteiger partial charge in [0.25, 0.3) is 5.91 Å². The number of rotatable bonds is 7. The van der Waals surface area contributed by atoms with Crippen molar-refractivity contribution >= 4 is 39.8 Å². The molecule has 0 bridgehead atoms. The molecule has 1 amide bonds. The summed E-state index contributed by atoms with van der Waals surface area (Å²) in [6, 6.07) is 11.0. The highest BCUT2D eigenvalue weighted by atomic mass is 35.5. The van der Waals surface area contributed by atoms with Crippen LogP contribution < -0.4 is 14.5 Å². The lowest BCUT2D eigenvalue weighted by Gasteiger charge is -2.42. The van der Waals surface area contributed by atoms with Crippen LogP contribution in [0.25, 0.3) is 10.8 Å². The first-order valence-electron chi connectivity index (χ1n) is 15.8. The molecule has 0 spiro atoms. The van der Waals surface area contributed by atoms with E-state index in [1.165, 1.54) is 11.0 Å². The summed E-state index contributed by atoms with van der Waals surface area (Å²) < 4.78 is 35.0. The number of hydrogen-bond acceptors (Lipinski definition) is 8. The first kappa shape index (κ1) is 32.0. The van der Waals surface area contributed by atoms with Gasteiger partial charge in [-0.3, -0.25) is 4.79 Å². The number of anilines is 2. The molecule has 3 heterocycles. The van der Waals surface area contributed by atoms with Crippen molar-refractivity contribution in [1.29, 1.82) is 5.26 Å². The lowest BCUT2D eigenvalue weighted by atomic mass is 9.92. The van der Waals surface area contributed by atoms with Crippen LogP contribution in [0.4, 0.5) is 20.3 Å². The summed E-state index contributed by atoms with van der Waals surface area (Å²) in [6.07, 6.45) is 4.68. The quantitative estimate of drug-likeness (QED) is 0.304. The van der Waals surface area contributed by atoms with Crippen LogP contribution in [0.2, 0.25) is 5.02 Å². The van der Waals surface area contributed by atoms with Crippen molar-refractivity contribution in [3.05, 3.63) is 64.8 Å². The third-order valence-electron chi connectivity index (χ3n) is 9.47. The summed E-state index contributed by atoms with van der Waals surface area (Å²) in [5, 5.41) is 11.1. The molecule has 1 saturated carbocycles. The normalized spacial score (nSPS) is 21.7. The van der Waals surface area contributed by atoms with Crippen molar-refractivity contribution in [1.82, 2.24) is 19.8 Å². The van der Waals surface area contributed by atoms with E-state index in [1.54, 1.807) is 6.07 Å². The van der Waals surface area contributed by atoms with E-state index in [0.29, 0.717) is 43.8 Å². The number of hydrogen-bond donors (Lipinski definition) is 0. The first-order chi connectivity index (χ1) is 22.2. The maximum Gasteiger partial charge on any atom is 0.319 e. The largest absolute Gasteiger partial charge is 0.458 e. The van der Waals surface area contributed by atoms with E-state index >= 15 is 0 Å². The van der Waals surface area contributed by atoms with Gasteiger partial charge in [-0.25, -0.2) is 8.78 Å². The second-order valence-electron chi connectivity index (χ2n) is 12.5. The van der Waals surface area contributed by atoms with Gasteiger partial charge in [0.1, 0.15) is 17.7 Å². The van der Waals surface area contributed by atoms with Gasteiger partial charge in [-0.05, 0) is 57.3 Å². The van der Waals surface area contributed by atoms with Crippen LogP contribution in [-0.2, 0) is 17.8 Å². The highest BCUT2D eigenvalue weighted by molar-refractivity contribution is 6.36. The molecular formula is C34H38ClF2N7O2. The lowest BCUT2D eigenvalue weighted by Crippen LogP contribution is -2.55. The fraction of sp³-hybridized carbons (Fsp3) is 0.471. The number of ether oxygens (including phenoxy) is 1. The fourth-order valence-corrected chi connectivity index (χ4v) is 7.42. The summed E-state index contributed by atoms with van der Waals surface area (Å²) in [5.41, 5.74) is 2.57. The van der Waals surface area contributed by atoms with E-state index in [0.717, 1.165) is 48.0 Å². The SMILES string of the molecule is C=C(F)C(=O)N1CCN(c2nc(O[C@@H]3CCCC[C@H]3N(C)C)nc3c2CCN(c2cccc4ccc(F)c(Cl)c24)C3)C[C@@H]1CC#N. The highest BCUT2D eigenvalue weighted by Crippen LogP contribution is 2.38. The predicted octanol–water partition coefficient (Wildman–Crippen LogP) is 5.65. The Kier molecular flexibility index (Phi) is 9.29. The van der Waals surface area contributed by atoms with E-state index in [2.05, 4.69) is 41.4 Å². The third-order valence-corrected chi connectivity index (χ3v) is 9.84. The van der Waals surface area contributed by atoms with Gasteiger partial charge in [0, 0.05) is 48.9 Å². The Labute approximate surface area is 273 Å². The van der Waals surface area contributed by atoms with Gasteiger partial charge in [0.05, 0.1) is 35.8 Å². The van der Waals surface area contributed by atoms with E-state index < -0.39 is 23.6 Å². The van der Waals surface area contributed by atoms with Crippen LogP contribution in [0.5, 0.6) is 6.01 Å². The number of halogens is 3. The highest BCUT2D eigenvalue weighted by Gasteiger charge is 2.36. The number of carbonyl (C=O) groups is 1. The monoisotopic (exact) mass is 649 g/mol. The van der Waals surface area contributed by atoms with Crippen molar-refractivity contribution in [3.8, 4) is 12.1 Å². The van der Waals surface area contributed by atoms with Crippen molar-refractivity contribution in [2.75, 3.05) is 50.1 Å². The minimum absolute atomic E-state index is 0.0465. The van der Waals surface area contributed by atoms with Crippen LogP contribution in [0.3, 0.4) is 0 Å². The van der Waals surface area contributed by atoms with Crippen LogP contribution >= 0.6 is 11.6 Å². The van der Waals surface area contributed by atoms with Gasteiger partial charge in [0.15, 0.2) is 5.83 Å². The molecule has 0 radical (unpaired) electrons. The fourth-order valence-electron chi connectivity index (χ4n) is 7.15. The Morgan fingerprint density at radius 2 is 1.96 bits per heavy atom. The van der Waals surface area contributed by atoms with Crippen molar-refractivity contribution < 1.29 is 18.3 Å². The molecule has 3 aromatic rings. The minimum Gasteiger partial charge on any atom is -0.458 e. The zero-order chi connectivity index (χ0) is 32.5. The maximum absolute atomic E-state index is 14.6. The Balaban J connectivity index is 1.38. The molecule has 1 saturated heterocycles. The number of aromatic nitrogens is 2. The molecule has 1 aromatic heterocycles. The zero-order valence-corrected chi connectivity index (χ0v) is 26.9. The van der Waals surface area contributed by atoms with E-state index in [-0.39, 0.29) is 36.1 Å². The molecule has 6 rings (SSSR count). The van der Waals surface area contributed by atoms with Gasteiger partial charge in [-0.2, -0.15) is 15.2 Å². The van der Waals surface area contributed by atoms with Gasteiger partial charge in [0.2, 0.25) is 0 Å². The van der Waals surface area contributed by atoms with Crippen LogP contribution in [0.15, 0.2) is 42.7 Å². The number of fused-ring (bicyclic) bond motifs is 2. The summed E-state index contributed by atoms with van der Waals surface area (Å²) in [4.78, 5) is 30.3. The second kappa shape index (κ2) is 13.4. The average molecular weight is 650 g/mol. The number of benzene rings is 2. The summed E-state index contributed by atoms with van der Waals surface area (Å²) >= 11 is 6.51. The van der Waals surface area contributed by atoms with Crippen molar-refractivity contribution in [2.45, 2.75) is 63.3 Å². The molecular weight excluding hydrogens is 612 g/mol. The molecule has 0 N–H and O–H groups in total. The molecule has 3 aliphatic rings. The Hall–Kier alpha value is -4.01. The molecule has 3 atom stereocenters. The second-order valence-corrected chi connectivity index (χ2v) is 12.9. The maximum atomic E-state index is 14.6. The first-order valence-corrected chi connectivity index (χ1v) is 16.2. The van der Waals surface area contributed by atoms with Gasteiger partial charge >= 0.3 is 6.01 Å². The van der Waals surface area contributed by atoms with E-state index in [1.807, 2.05) is 18.2 Å². The standard InChI is InChI=1S/C34H38ClF2N7O2/c1-21(36)33(45)44-18-17-43(19-23(44)13-15-38)32-24-14-16-42(28-9-6-7-22-11-12-25(37)31(35)30(22)28)20-26(24)39-34(40-32)46-29-10-5-4-8-27(29)41(2)3/h6-7,9,11-12,23,27,29H,1,4-5,8,10,13-14,16-20H2,2-3H3/t23-,27+,29+/m0/s1. The molecule has 242 valence electrons. The minimum atomic E-state index is -1.04. The zero-order valence-electron chi connectivity index (χ0n) is 26.2. The molecule has 2 aromatic carbocycles. The van der Waals surface area contributed by atoms with Crippen LogP contribution in [-0.4, -0.2) is 84.1 Å². The molecule has 12 heteroatoms. The number of nitrogens with zero attached hydrogens (tertiary/aromatic N) is 7. The van der Waals surface area contributed by atoms with Crippen molar-refractivity contribution in [2.24, 2.45) is 0 Å². The summed E-state index contributed by atoms with van der Waals surface area (Å²) in [5.74, 6) is -1.60. The van der Waals surface area contributed by atoms with Gasteiger partial charge < -0.3 is 24.3 Å². The topological polar surface area (TPSA) is 88.8 Å². The summed E-state index contributed by atoms with van der Waals surface area (Å²) in [6.45, 7) is 5.15. The van der Waals surface area contributed by atoms with Crippen molar-refractivity contribution in [3.63, 3.8) is 0 Å². The van der Waals surface area contributed by atoms with E-state index in [9.17, 15) is 18.8 Å². The molecule has 0 unspecified atom stereocenters. The van der Waals surface area contributed by atoms with Gasteiger partial charge in [-0.1, -0.05) is 42.8 Å².